The average molecular weight is 220 g/mol. The van der Waals surface area contributed by atoms with E-state index in [2.05, 4.69) is 0 Å². The third-order valence-electron chi connectivity index (χ3n) is 0.901. The summed E-state index contributed by atoms with van der Waals surface area (Å²) in [6, 6.07) is 0. The molecule has 0 saturated carbocycles. The van der Waals surface area contributed by atoms with Crippen molar-refractivity contribution in [3.63, 3.8) is 0 Å². The molecule has 0 heterocycles. The molecular formula is HB7IN-. The molecule has 0 fully saturated rings. The van der Waals surface area contributed by atoms with Gasteiger partial charge in [-0.15, -0.1) is 0 Å². The van der Waals surface area contributed by atoms with Crippen LogP contribution >= 0.6 is 22.9 Å². The lowest BCUT2D eigenvalue weighted by atomic mass is 8.76. The summed E-state index contributed by atoms with van der Waals surface area (Å²) < 4.78 is 8.13. The molecule has 0 aromatic carbocycles. The molecule has 0 aliphatic heterocycles. The average Bonchev–Trinajstić information content (AvgIpc) is 1.59. The van der Waals surface area contributed by atoms with Gasteiger partial charge in [-0.3, -0.25) is 0 Å². The molecular weight excluding hydrogens is 217 g/mol. The molecule has 1 N–H and O–H groups in total. The standard InChI is InChI=1S/B7HIN/c1-5(2)7(9-8)6(3)4/h9H/q-1/i/hT. The molecule has 0 aliphatic carbocycles. The van der Waals surface area contributed by atoms with Crippen LogP contribution in [0.15, 0.2) is 0 Å². The van der Waals surface area contributed by atoms with Gasteiger partial charge in [0.25, 0.3) is 0 Å². The van der Waals surface area contributed by atoms with Gasteiger partial charge in [0.1, 0.15) is 1.41 Å². The van der Waals surface area contributed by atoms with Crippen molar-refractivity contribution in [3.05, 3.63) is 0 Å². The second-order valence-corrected chi connectivity index (χ2v) is 2.30. The Kier molecular flexibility index (Phi) is 4.47. The van der Waals surface area contributed by atoms with Crippen LogP contribution in [0.5, 0.6) is 0 Å². The van der Waals surface area contributed by atoms with Gasteiger partial charge in [0, 0.05) is 44.7 Å². The Balaban J connectivity index is 3.98. The lowest BCUT2D eigenvalue weighted by molar-refractivity contribution is 1.80. The van der Waals surface area contributed by atoms with Crippen LogP contribution in [0.2, 0.25) is 1.41 Å². The molecule has 0 saturated heterocycles. The zero-order valence-corrected chi connectivity index (χ0v) is 7.02. The van der Waals surface area contributed by atoms with Crippen LogP contribution in [0.1, 0.15) is 0 Å². The van der Waals surface area contributed by atoms with E-state index < -0.39 is 19.4 Å². The molecule has 0 aromatic heterocycles. The van der Waals surface area contributed by atoms with Gasteiger partial charge in [0.2, 0.25) is 0 Å². The summed E-state index contributed by atoms with van der Waals surface area (Å²) in [6.45, 7) is -0.513. The van der Waals surface area contributed by atoms with Gasteiger partial charge in [0.05, 0.1) is 6.63 Å². The number of nitrogens with one attached hydrogen (secondary N) is 1. The van der Waals surface area contributed by atoms with Crippen molar-refractivity contribution in [2.24, 2.45) is 0 Å². The molecule has 1 nitrogen and oxygen atoms in total. The second-order valence-electron chi connectivity index (χ2n) is 1.74. The first kappa shape index (κ1) is 8.24. The molecule has 0 amide bonds. The summed E-state index contributed by atoms with van der Waals surface area (Å²) in [4.78, 5) is 0. The molecule has 9 radical (unpaired) electrons. The molecule has 0 bridgehead atoms. The van der Waals surface area contributed by atoms with E-state index in [1.165, 1.54) is 0 Å². The third kappa shape index (κ3) is 3.76. The topological polar surface area (TPSA) is 12.0 Å². The van der Waals surface area contributed by atoms with Gasteiger partial charge in [-0.2, -0.15) is 6.39 Å². The summed E-state index contributed by atoms with van der Waals surface area (Å²) >= 11 is 1.71. The van der Waals surface area contributed by atoms with Gasteiger partial charge < -0.3 is 11.2 Å². The van der Waals surface area contributed by atoms with Crippen LogP contribution in [0.4, 0.5) is 0 Å². The highest BCUT2D eigenvalue weighted by molar-refractivity contribution is 14.1. The molecule has 0 rings (SSSR count). The summed E-state index contributed by atoms with van der Waals surface area (Å²) in [5.41, 5.74) is 0. The molecule has 35 valence electrons. The maximum Gasteiger partial charge on any atom is 0.117 e. The van der Waals surface area contributed by atoms with Crippen molar-refractivity contribution in [1.82, 2.24) is 3.43 Å². The van der Waals surface area contributed by atoms with Crippen molar-refractivity contribution >= 4 is 73.2 Å². The first-order chi connectivity index (χ1) is 4.46. The van der Waals surface area contributed by atoms with Crippen LogP contribution in [0, 0.1) is 0 Å². The third-order valence-corrected chi connectivity index (χ3v) is 1.54. The zero-order chi connectivity index (χ0) is 8.31. The lowest BCUT2D eigenvalue weighted by Gasteiger charge is -2.27. The smallest absolute Gasteiger partial charge is 0.117 e. The maximum atomic E-state index is 7.10. The molecule has 0 spiro atoms. The van der Waals surface area contributed by atoms with E-state index in [4.69, 9.17) is 32.4 Å². The second kappa shape index (κ2) is 4.88. The summed E-state index contributed by atoms with van der Waals surface area (Å²) in [6.07, 6.45) is -1.37. The number of rotatable bonds is 3. The lowest BCUT2D eigenvalue weighted by Crippen LogP contribution is -2.57. The molecule has 0 unspecified atom stereocenters. The maximum absolute atomic E-state index is 7.10. The number of hydrogen-bond acceptors (Lipinski definition) is 1. The normalized spacial score (nSPS) is 10.8. The summed E-state index contributed by atoms with van der Waals surface area (Å²) in [5, 5.41) is 0. The van der Waals surface area contributed by atoms with Crippen LogP contribution in [0.3, 0.4) is 0 Å². The van der Waals surface area contributed by atoms with E-state index in [9.17, 15) is 0 Å². The van der Waals surface area contributed by atoms with E-state index in [1.54, 1.807) is 22.9 Å². The minimum Gasteiger partial charge on any atom is -0.685 e. The molecule has 9 heteroatoms. The Bertz CT molecular complexity index is 74.6. The van der Waals surface area contributed by atoms with E-state index in [0.29, 0.717) is 0 Å². The number of hydrogen-bond donors (Lipinski definition) is 1. The van der Waals surface area contributed by atoms with Gasteiger partial charge >= 0.3 is 0 Å². The zero-order valence-electron chi connectivity index (χ0n) is 5.87. The highest BCUT2D eigenvalue weighted by atomic mass is 127. The van der Waals surface area contributed by atoms with Gasteiger partial charge in [-0.05, 0) is 7.74 Å². The predicted octanol–water partition coefficient (Wildman–Crippen LogP) is -2.28. The Labute approximate surface area is 78.0 Å². The fraction of sp³-hybridized carbons (Fsp3) is 0. The molecule has 0 aromatic rings. The Hall–Kier alpha value is 1.14. The van der Waals surface area contributed by atoms with Crippen molar-refractivity contribution in [2.75, 3.05) is 0 Å². The quantitative estimate of drug-likeness (QED) is 0.321. The van der Waals surface area contributed by atoms with Crippen LogP contribution in [-0.2, 0) is 0 Å². The number of halogens is 1. The summed E-state index contributed by atoms with van der Waals surface area (Å²) in [5.74, 6) is 0. The molecule has 0 atom stereocenters. The predicted molar refractivity (Wildman–Crippen MR) is 57.4 cm³/mol. The van der Waals surface area contributed by atoms with E-state index in [-0.39, 0.29) is 0 Å². The SMILES string of the molecule is [3H]N(I)B(B([B])[B])B([B])[B-]. The molecule has 0 aliphatic rings. The Morgan fingerprint density at radius 1 is 1.56 bits per heavy atom. The fourth-order valence-corrected chi connectivity index (χ4v) is 1.13. The van der Waals surface area contributed by atoms with E-state index in [0.717, 1.165) is 3.43 Å². The van der Waals surface area contributed by atoms with Gasteiger partial charge in [-0.1, -0.05) is 0 Å². The Morgan fingerprint density at radius 2 is 2.00 bits per heavy atom. The first-order valence-electron chi connectivity index (χ1n) is 2.87. The van der Waals surface area contributed by atoms with Crippen LogP contribution < -0.4 is 3.43 Å². The first-order valence-corrected chi connectivity index (χ1v) is 3.39. The van der Waals surface area contributed by atoms with Crippen molar-refractivity contribution in [3.8, 4) is 0 Å². The van der Waals surface area contributed by atoms with Crippen molar-refractivity contribution in [2.45, 2.75) is 0 Å². The largest absolute Gasteiger partial charge is 0.685 e. The van der Waals surface area contributed by atoms with Crippen molar-refractivity contribution < 1.29 is 1.41 Å². The highest BCUT2D eigenvalue weighted by Crippen LogP contribution is 1.83. The monoisotopic (exact) mass is 221 g/mol. The highest BCUT2D eigenvalue weighted by Gasteiger charge is 2.13. The van der Waals surface area contributed by atoms with E-state index >= 15 is 0 Å². The fourth-order valence-electron chi connectivity index (χ4n) is 0.387. The van der Waals surface area contributed by atoms with Gasteiger partial charge in [0.15, 0.2) is 0 Å². The minimum atomic E-state index is -0.686. The van der Waals surface area contributed by atoms with Crippen LogP contribution in [0.25, 0.3) is 0 Å². The van der Waals surface area contributed by atoms with Gasteiger partial charge in [-0.25, -0.2) is 0 Å². The van der Waals surface area contributed by atoms with Crippen LogP contribution in [-0.4, -0.2) is 50.3 Å². The molecule has 9 heavy (non-hydrogen) atoms. The van der Waals surface area contributed by atoms with Crippen molar-refractivity contribution in [1.29, 1.82) is 0 Å². The summed E-state index contributed by atoms with van der Waals surface area (Å²) in [7, 11) is 21.2. The van der Waals surface area contributed by atoms with E-state index in [1.807, 2.05) is 0 Å². The minimum absolute atomic E-state index is 0.513. The Morgan fingerprint density at radius 3 is 2.00 bits per heavy atom.